The minimum Gasteiger partial charge on any atom is -0.444 e. The van der Waals surface area contributed by atoms with Crippen LogP contribution < -0.4 is 0 Å². The van der Waals surface area contributed by atoms with E-state index in [9.17, 15) is 4.79 Å². The van der Waals surface area contributed by atoms with Crippen LogP contribution in [0, 0.1) is 0 Å². The van der Waals surface area contributed by atoms with Gasteiger partial charge in [-0.1, -0.05) is 28.1 Å². The molecular weight excluding hydrogens is 394 g/mol. The van der Waals surface area contributed by atoms with E-state index >= 15 is 0 Å². The zero-order valence-corrected chi connectivity index (χ0v) is 17.3. The van der Waals surface area contributed by atoms with Gasteiger partial charge in [-0.05, 0) is 58.2 Å². The minimum atomic E-state index is -0.483. The maximum absolute atomic E-state index is 12.5. The number of amides is 1. The lowest BCUT2D eigenvalue weighted by molar-refractivity contribution is 0.00855. The number of rotatable bonds is 2. The van der Waals surface area contributed by atoms with Crippen molar-refractivity contribution < 1.29 is 9.53 Å². The Hall–Kier alpha value is -1.82. The Bertz CT molecular complexity index is 764. The molecule has 6 heteroatoms. The van der Waals surface area contributed by atoms with Crippen molar-refractivity contribution in [1.29, 1.82) is 0 Å². The molecule has 0 bridgehead atoms. The Labute approximate surface area is 163 Å². The van der Waals surface area contributed by atoms with E-state index in [1.807, 2.05) is 44.0 Å². The van der Waals surface area contributed by atoms with Crippen molar-refractivity contribution in [2.75, 3.05) is 6.54 Å². The van der Waals surface area contributed by atoms with Crippen molar-refractivity contribution in [2.45, 2.75) is 58.1 Å². The fourth-order valence-electron chi connectivity index (χ4n) is 3.39. The Morgan fingerprint density at radius 1 is 1.31 bits per heavy atom. The topological polar surface area (TPSA) is 58.2 Å². The lowest BCUT2D eigenvalue weighted by Gasteiger charge is -2.39. The number of halogens is 1. The van der Waals surface area contributed by atoms with Crippen LogP contribution in [0.4, 0.5) is 4.79 Å². The molecule has 2 heterocycles. The van der Waals surface area contributed by atoms with E-state index in [1.54, 1.807) is 0 Å². The van der Waals surface area contributed by atoms with Crippen molar-refractivity contribution in [1.82, 2.24) is 14.9 Å². The van der Waals surface area contributed by atoms with Gasteiger partial charge < -0.3 is 14.6 Å². The molecule has 3 rings (SSSR count). The van der Waals surface area contributed by atoms with Gasteiger partial charge in [0.15, 0.2) is 0 Å². The van der Waals surface area contributed by atoms with Gasteiger partial charge in [0.1, 0.15) is 11.4 Å². The van der Waals surface area contributed by atoms with E-state index in [0.29, 0.717) is 0 Å². The van der Waals surface area contributed by atoms with E-state index in [2.05, 4.69) is 45.0 Å². The molecule has 5 nitrogen and oxygen atoms in total. The SMILES string of the molecule is C[C@@H]1[C@H](c2ncc(-c3ccc(Br)cc3)[nH]2)CCCN1C(=O)OC(C)(C)C. The molecule has 1 aliphatic rings. The van der Waals surface area contributed by atoms with Gasteiger partial charge in [0, 0.05) is 23.0 Å². The van der Waals surface area contributed by atoms with Crippen molar-refractivity contribution in [3.05, 3.63) is 40.8 Å². The summed E-state index contributed by atoms with van der Waals surface area (Å²) in [6.07, 6.45) is 3.59. The van der Waals surface area contributed by atoms with E-state index in [1.165, 1.54) is 0 Å². The van der Waals surface area contributed by atoms with Crippen LogP contribution in [0.3, 0.4) is 0 Å². The first kappa shape index (κ1) is 19.0. The van der Waals surface area contributed by atoms with Gasteiger partial charge >= 0.3 is 6.09 Å². The second kappa shape index (κ2) is 7.43. The van der Waals surface area contributed by atoms with Crippen LogP contribution in [0.1, 0.15) is 52.3 Å². The number of imidazole rings is 1. The third-order valence-electron chi connectivity index (χ3n) is 4.72. The molecule has 1 N–H and O–H groups in total. The third kappa shape index (κ3) is 4.29. The molecule has 0 spiro atoms. The number of carbonyl (C=O) groups excluding carboxylic acids is 1. The normalized spacial score (nSPS) is 20.9. The van der Waals surface area contributed by atoms with E-state index in [4.69, 9.17) is 4.74 Å². The molecular formula is C20H26BrN3O2. The fraction of sp³-hybridized carbons (Fsp3) is 0.500. The molecule has 1 aliphatic heterocycles. The molecule has 1 amide bonds. The zero-order valence-electron chi connectivity index (χ0n) is 15.8. The highest BCUT2D eigenvalue weighted by Crippen LogP contribution is 2.33. The molecule has 2 aromatic rings. The van der Waals surface area contributed by atoms with Crippen molar-refractivity contribution in [2.24, 2.45) is 0 Å². The summed E-state index contributed by atoms with van der Waals surface area (Å²) in [7, 11) is 0. The molecule has 0 unspecified atom stereocenters. The summed E-state index contributed by atoms with van der Waals surface area (Å²) in [5.74, 6) is 1.11. The first-order valence-electron chi connectivity index (χ1n) is 9.05. The van der Waals surface area contributed by atoms with Crippen LogP contribution in [0.15, 0.2) is 34.9 Å². The predicted octanol–water partition coefficient (Wildman–Crippen LogP) is 5.34. The van der Waals surface area contributed by atoms with Crippen LogP contribution in [0.25, 0.3) is 11.3 Å². The molecule has 140 valence electrons. The minimum absolute atomic E-state index is 0.0440. The number of nitrogens with one attached hydrogen (secondary N) is 1. The van der Waals surface area contributed by atoms with Gasteiger partial charge in [0.2, 0.25) is 0 Å². The van der Waals surface area contributed by atoms with Gasteiger partial charge in [0.25, 0.3) is 0 Å². The summed E-state index contributed by atoms with van der Waals surface area (Å²) in [5.41, 5.74) is 1.61. The van der Waals surface area contributed by atoms with E-state index in [0.717, 1.165) is 40.9 Å². The van der Waals surface area contributed by atoms with E-state index < -0.39 is 5.60 Å². The fourth-order valence-corrected chi connectivity index (χ4v) is 3.65. The third-order valence-corrected chi connectivity index (χ3v) is 5.25. The summed E-state index contributed by atoms with van der Waals surface area (Å²) in [6, 6.07) is 8.19. The van der Waals surface area contributed by atoms with Crippen LogP contribution in [0.2, 0.25) is 0 Å². The molecule has 1 fully saturated rings. The number of piperidine rings is 1. The maximum atomic E-state index is 12.5. The zero-order chi connectivity index (χ0) is 18.9. The van der Waals surface area contributed by atoms with Crippen LogP contribution >= 0.6 is 15.9 Å². The highest BCUT2D eigenvalue weighted by Gasteiger charge is 2.35. The number of aromatic amines is 1. The first-order valence-corrected chi connectivity index (χ1v) is 9.84. The molecule has 0 saturated carbocycles. The van der Waals surface area contributed by atoms with Gasteiger partial charge in [0.05, 0.1) is 11.9 Å². The van der Waals surface area contributed by atoms with Gasteiger partial charge in [-0.3, -0.25) is 0 Å². The molecule has 1 saturated heterocycles. The Kier molecular flexibility index (Phi) is 5.42. The average Bonchev–Trinajstić information content (AvgIpc) is 3.03. The number of nitrogens with zero attached hydrogens (tertiary/aromatic N) is 2. The van der Waals surface area contributed by atoms with Crippen LogP contribution in [0.5, 0.6) is 0 Å². The summed E-state index contributed by atoms with van der Waals surface area (Å²) >= 11 is 3.46. The van der Waals surface area contributed by atoms with Crippen molar-refractivity contribution in [3.8, 4) is 11.3 Å². The molecule has 0 radical (unpaired) electrons. The monoisotopic (exact) mass is 419 g/mol. The Morgan fingerprint density at radius 2 is 2.00 bits per heavy atom. The second-order valence-electron chi connectivity index (χ2n) is 7.85. The Balaban J connectivity index is 1.76. The highest BCUT2D eigenvalue weighted by molar-refractivity contribution is 9.10. The predicted molar refractivity (Wildman–Crippen MR) is 106 cm³/mol. The lowest BCUT2D eigenvalue weighted by Crippen LogP contribution is -2.48. The first-order chi connectivity index (χ1) is 12.2. The van der Waals surface area contributed by atoms with Crippen molar-refractivity contribution >= 4 is 22.0 Å². The number of ether oxygens (including phenoxy) is 1. The van der Waals surface area contributed by atoms with Crippen molar-refractivity contribution in [3.63, 3.8) is 0 Å². The summed E-state index contributed by atoms with van der Waals surface area (Å²) < 4.78 is 6.62. The summed E-state index contributed by atoms with van der Waals surface area (Å²) in [6.45, 7) is 8.50. The molecule has 0 aliphatic carbocycles. The second-order valence-corrected chi connectivity index (χ2v) is 8.77. The molecule has 1 aromatic carbocycles. The molecule has 26 heavy (non-hydrogen) atoms. The summed E-state index contributed by atoms with van der Waals surface area (Å²) in [5, 5.41) is 0. The number of aromatic nitrogens is 2. The number of hydrogen-bond donors (Lipinski definition) is 1. The standard InChI is InChI=1S/C20H26BrN3O2/c1-13-16(6-5-11-24(13)19(25)26-20(2,3)4)18-22-12-17(23-18)14-7-9-15(21)10-8-14/h7-10,12-13,16H,5-6,11H2,1-4H3,(H,22,23)/t13-,16-/m1/s1. The highest BCUT2D eigenvalue weighted by atomic mass is 79.9. The van der Waals surface area contributed by atoms with Crippen LogP contribution in [-0.4, -0.2) is 39.1 Å². The van der Waals surface area contributed by atoms with E-state index in [-0.39, 0.29) is 18.1 Å². The Morgan fingerprint density at radius 3 is 2.65 bits per heavy atom. The largest absolute Gasteiger partial charge is 0.444 e. The number of carbonyl (C=O) groups is 1. The molecule has 2 atom stereocenters. The maximum Gasteiger partial charge on any atom is 0.410 e. The summed E-state index contributed by atoms with van der Waals surface area (Å²) in [4.78, 5) is 22.4. The number of H-pyrrole nitrogens is 1. The average molecular weight is 420 g/mol. The number of likely N-dealkylation sites (tertiary alicyclic amines) is 1. The smallest absolute Gasteiger partial charge is 0.410 e. The molecule has 1 aromatic heterocycles. The van der Waals surface area contributed by atoms with Gasteiger partial charge in [-0.15, -0.1) is 0 Å². The number of hydrogen-bond acceptors (Lipinski definition) is 3. The quantitative estimate of drug-likeness (QED) is 0.713. The van der Waals surface area contributed by atoms with Gasteiger partial charge in [-0.2, -0.15) is 0 Å². The number of benzene rings is 1. The van der Waals surface area contributed by atoms with Gasteiger partial charge in [-0.25, -0.2) is 9.78 Å². The van der Waals surface area contributed by atoms with Crippen LogP contribution in [-0.2, 0) is 4.74 Å². The lowest BCUT2D eigenvalue weighted by atomic mass is 9.90.